The summed E-state index contributed by atoms with van der Waals surface area (Å²) in [6, 6.07) is 15.0. The molecular weight excluding hydrogens is 276 g/mol. The van der Waals surface area contributed by atoms with Gasteiger partial charge in [-0.25, -0.2) is 0 Å². The Labute approximate surface area is 129 Å². The van der Waals surface area contributed by atoms with Crippen molar-refractivity contribution in [2.24, 2.45) is 5.73 Å². The van der Waals surface area contributed by atoms with Crippen molar-refractivity contribution < 1.29 is 9.59 Å². The number of carbonyl (C=O) groups is 2. The minimum absolute atomic E-state index is 0.0953. The minimum Gasteiger partial charge on any atom is -0.369 e. The first-order valence-electron chi connectivity index (χ1n) is 6.96. The number of hydrogen-bond acceptors (Lipinski definition) is 2. The van der Waals surface area contributed by atoms with Gasteiger partial charge in [-0.2, -0.15) is 0 Å². The van der Waals surface area contributed by atoms with Crippen LogP contribution in [0.4, 0.5) is 5.69 Å². The van der Waals surface area contributed by atoms with E-state index in [1.165, 1.54) is 6.08 Å². The molecule has 3 N–H and O–H groups in total. The maximum absolute atomic E-state index is 12.0. The van der Waals surface area contributed by atoms with E-state index >= 15 is 0 Å². The molecule has 0 fully saturated rings. The summed E-state index contributed by atoms with van der Waals surface area (Å²) in [7, 11) is 0. The Morgan fingerprint density at radius 3 is 2.64 bits per heavy atom. The van der Waals surface area contributed by atoms with Crippen LogP contribution in [0.5, 0.6) is 0 Å². The summed E-state index contributed by atoms with van der Waals surface area (Å²) in [4.78, 5) is 23.0. The van der Waals surface area contributed by atoms with Crippen molar-refractivity contribution in [3.8, 4) is 0 Å². The zero-order valence-electron chi connectivity index (χ0n) is 12.4. The van der Waals surface area contributed by atoms with Crippen molar-refractivity contribution in [1.82, 2.24) is 0 Å². The van der Waals surface area contributed by atoms with Crippen LogP contribution in [0.2, 0.25) is 0 Å². The number of nitrogens with one attached hydrogen (secondary N) is 1. The molecule has 0 saturated heterocycles. The zero-order chi connectivity index (χ0) is 15.9. The molecule has 2 aromatic rings. The number of aryl methyl sites for hydroxylation is 1. The van der Waals surface area contributed by atoms with E-state index in [1.54, 1.807) is 30.3 Å². The Morgan fingerprint density at radius 1 is 1.14 bits per heavy atom. The molecule has 112 valence electrons. The van der Waals surface area contributed by atoms with Crippen molar-refractivity contribution >= 4 is 23.6 Å². The van der Waals surface area contributed by atoms with Crippen LogP contribution >= 0.6 is 0 Å². The molecule has 2 rings (SSSR count). The van der Waals surface area contributed by atoms with Crippen LogP contribution in [0.25, 0.3) is 6.08 Å². The first-order chi connectivity index (χ1) is 10.5. The van der Waals surface area contributed by atoms with Crippen molar-refractivity contribution in [3.63, 3.8) is 0 Å². The fourth-order valence-electron chi connectivity index (χ4n) is 2.10. The Kier molecular flexibility index (Phi) is 5.09. The highest BCUT2D eigenvalue weighted by Gasteiger charge is 2.06. The SMILES string of the molecule is Cc1cccc(C=CC(=O)Nc2ccccc2CC(N)=O)c1. The molecule has 0 aromatic heterocycles. The van der Waals surface area contributed by atoms with E-state index < -0.39 is 5.91 Å². The van der Waals surface area contributed by atoms with Crippen LogP contribution < -0.4 is 11.1 Å². The molecule has 4 nitrogen and oxygen atoms in total. The summed E-state index contributed by atoms with van der Waals surface area (Å²) < 4.78 is 0. The topological polar surface area (TPSA) is 72.2 Å². The maximum Gasteiger partial charge on any atom is 0.248 e. The average molecular weight is 294 g/mol. The van der Waals surface area contributed by atoms with Gasteiger partial charge >= 0.3 is 0 Å². The number of anilines is 1. The van der Waals surface area contributed by atoms with E-state index in [0.29, 0.717) is 11.3 Å². The summed E-state index contributed by atoms with van der Waals surface area (Å²) in [6.07, 6.45) is 3.31. The normalized spacial score (nSPS) is 10.6. The van der Waals surface area contributed by atoms with Gasteiger partial charge in [0.25, 0.3) is 0 Å². The molecule has 22 heavy (non-hydrogen) atoms. The lowest BCUT2D eigenvalue weighted by Crippen LogP contribution is -2.16. The monoisotopic (exact) mass is 294 g/mol. The fourth-order valence-corrected chi connectivity index (χ4v) is 2.10. The Hall–Kier alpha value is -2.88. The van der Waals surface area contributed by atoms with Gasteiger partial charge in [-0.1, -0.05) is 48.0 Å². The second kappa shape index (κ2) is 7.22. The van der Waals surface area contributed by atoms with E-state index in [1.807, 2.05) is 31.2 Å². The molecule has 0 atom stereocenters. The van der Waals surface area contributed by atoms with Gasteiger partial charge in [0.2, 0.25) is 11.8 Å². The quantitative estimate of drug-likeness (QED) is 0.832. The molecule has 0 unspecified atom stereocenters. The molecule has 2 aromatic carbocycles. The molecule has 0 saturated carbocycles. The molecule has 2 amide bonds. The third kappa shape index (κ3) is 4.59. The lowest BCUT2D eigenvalue weighted by molar-refractivity contribution is -0.117. The first-order valence-corrected chi connectivity index (χ1v) is 6.96. The van der Waals surface area contributed by atoms with Crippen molar-refractivity contribution in [1.29, 1.82) is 0 Å². The van der Waals surface area contributed by atoms with Gasteiger partial charge in [0.05, 0.1) is 6.42 Å². The van der Waals surface area contributed by atoms with Crippen LogP contribution in [0.3, 0.4) is 0 Å². The molecule has 0 heterocycles. The number of primary amides is 1. The second-order valence-corrected chi connectivity index (χ2v) is 5.04. The number of benzene rings is 2. The van der Waals surface area contributed by atoms with Gasteiger partial charge in [0, 0.05) is 11.8 Å². The standard InChI is InChI=1S/C18H18N2O2/c1-13-5-4-6-14(11-13)9-10-18(22)20-16-8-3-2-7-15(16)12-17(19)21/h2-11H,12H2,1H3,(H2,19,21)(H,20,22). The first kappa shape index (κ1) is 15.5. The number of carbonyl (C=O) groups excluding carboxylic acids is 2. The number of nitrogens with two attached hydrogens (primary N) is 1. The van der Waals surface area contributed by atoms with Crippen molar-refractivity contribution in [3.05, 3.63) is 71.3 Å². The zero-order valence-corrected chi connectivity index (χ0v) is 12.4. The van der Waals surface area contributed by atoms with Gasteiger partial charge in [0.15, 0.2) is 0 Å². The summed E-state index contributed by atoms with van der Waals surface area (Å²) in [5.74, 6) is -0.685. The molecule has 0 radical (unpaired) electrons. The summed E-state index contributed by atoms with van der Waals surface area (Å²) in [6.45, 7) is 2.00. The predicted octanol–water partition coefficient (Wildman–Crippen LogP) is 2.67. The van der Waals surface area contributed by atoms with E-state index in [9.17, 15) is 9.59 Å². The van der Waals surface area contributed by atoms with Crippen LogP contribution in [-0.4, -0.2) is 11.8 Å². The Balaban J connectivity index is 2.08. The number of para-hydroxylation sites is 1. The van der Waals surface area contributed by atoms with Gasteiger partial charge in [-0.15, -0.1) is 0 Å². The maximum atomic E-state index is 12.0. The van der Waals surface area contributed by atoms with Crippen molar-refractivity contribution in [2.45, 2.75) is 13.3 Å². The molecule has 0 aliphatic rings. The summed E-state index contributed by atoms with van der Waals surface area (Å²) >= 11 is 0. The van der Waals surface area contributed by atoms with Crippen LogP contribution in [0.15, 0.2) is 54.6 Å². The van der Waals surface area contributed by atoms with Crippen LogP contribution in [-0.2, 0) is 16.0 Å². The number of amides is 2. The molecular formula is C18H18N2O2. The van der Waals surface area contributed by atoms with E-state index in [0.717, 1.165) is 11.1 Å². The predicted molar refractivity (Wildman–Crippen MR) is 88.2 cm³/mol. The minimum atomic E-state index is -0.433. The van der Waals surface area contributed by atoms with Gasteiger partial charge in [0.1, 0.15) is 0 Å². The highest BCUT2D eigenvalue weighted by atomic mass is 16.1. The molecule has 0 aliphatic heterocycles. The highest BCUT2D eigenvalue weighted by molar-refractivity contribution is 6.02. The Morgan fingerprint density at radius 2 is 1.91 bits per heavy atom. The lowest BCUT2D eigenvalue weighted by Gasteiger charge is -2.08. The largest absolute Gasteiger partial charge is 0.369 e. The highest BCUT2D eigenvalue weighted by Crippen LogP contribution is 2.15. The summed E-state index contributed by atoms with van der Waals surface area (Å²) in [5, 5.41) is 2.77. The Bertz CT molecular complexity index is 721. The third-order valence-corrected chi connectivity index (χ3v) is 3.11. The van der Waals surface area contributed by atoms with Crippen LogP contribution in [0, 0.1) is 6.92 Å². The lowest BCUT2D eigenvalue weighted by atomic mass is 10.1. The van der Waals surface area contributed by atoms with E-state index in [-0.39, 0.29) is 12.3 Å². The van der Waals surface area contributed by atoms with Crippen LogP contribution in [0.1, 0.15) is 16.7 Å². The smallest absolute Gasteiger partial charge is 0.248 e. The number of hydrogen-bond donors (Lipinski definition) is 2. The summed E-state index contributed by atoms with van der Waals surface area (Å²) in [5.41, 5.74) is 8.60. The third-order valence-electron chi connectivity index (χ3n) is 3.11. The molecule has 0 spiro atoms. The number of rotatable bonds is 5. The van der Waals surface area contributed by atoms with Gasteiger partial charge in [-0.05, 0) is 30.2 Å². The van der Waals surface area contributed by atoms with Crippen molar-refractivity contribution in [2.75, 3.05) is 5.32 Å². The molecule has 0 aliphatic carbocycles. The van der Waals surface area contributed by atoms with Gasteiger partial charge < -0.3 is 11.1 Å². The average Bonchev–Trinajstić information content (AvgIpc) is 2.47. The molecule has 0 bridgehead atoms. The second-order valence-electron chi connectivity index (χ2n) is 5.04. The molecule has 4 heteroatoms. The van der Waals surface area contributed by atoms with Gasteiger partial charge in [-0.3, -0.25) is 9.59 Å². The van der Waals surface area contributed by atoms with E-state index in [2.05, 4.69) is 5.32 Å². The van der Waals surface area contributed by atoms with E-state index in [4.69, 9.17) is 5.73 Å². The fraction of sp³-hybridized carbons (Fsp3) is 0.111.